The van der Waals surface area contributed by atoms with E-state index in [-0.39, 0.29) is 11.8 Å². The minimum atomic E-state index is -4.35. The molecule has 3 rings (SSSR count). The van der Waals surface area contributed by atoms with Crippen LogP contribution in [0.5, 0.6) is 0 Å². The third-order valence-corrected chi connectivity index (χ3v) is 4.50. The highest BCUT2D eigenvalue weighted by Gasteiger charge is 2.30. The van der Waals surface area contributed by atoms with Crippen molar-refractivity contribution in [3.63, 3.8) is 0 Å². The molecule has 1 atom stereocenters. The van der Waals surface area contributed by atoms with Crippen molar-refractivity contribution in [1.29, 1.82) is 0 Å². The number of hydrogen-bond acceptors (Lipinski definition) is 4. The van der Waals surface area contributed by atoms with Gasteiger partial charge in [-0.1, -0.05) is 37.3 Å². The second-order valence-electron chi connectivity index (χ2n) is 6.57. The van der Waals surface area contributed by atoms with Gasteiger partial charge in [0.2, 0.25) is 11.8 Å². The maximum Gasteiger partial charge on any atom is 0.416 e. The Morgan fingerprint density at radius 2 is 1.67 bits per heavy atom. The summed E-state index contributed by atoms with van der Waals surface area (Å²) in [5.41, 5.74) is 0.360. The van der Waals surface area contributed by atoms with Gasteiger partial charge in [0.15, 0.2) is 0 Å². The van der Waals surface area contributed by atoms with Gasteiger partial charge >= 0.3 is 6.18 Å². The Balaban J connectivity index is 1.89. The van der Waals surface area contributed by atoms with Crippen LogP contribution in [0.25, 0.3) is 11.5 Å². The van der Waals surface area contributed by atoms with E-state index in [4.69, 9.17) is 4.42 Å². The molecule has 0 radical (unpaired) electrons. The largest absolute Gasteiger partial charge is 0.418 e. The molecule has 142 valence electrons. The molecule has 0 fully saturated rings. The summed E-state index contributed by atoms with van der Waals surface area (Å²) in [5, 5.41) is 18.2. The van der Waals surface area contributed by atoms with Crippen LogP contribution in [-0.4, -0.2) is 15.3 Å². The van der Waals surface area contributed by atoms with Crippen LogP contribution >= 0.6 is 0 Å². The lowest BCUT2D eigenvalue weighted by atomic mass is 9.99. The van der Waals surface area contributed by atoms with Crippen LogP contribution in [-0.2, 0) is 18.2 Å². The quantitative estimate of drug-likeness (QED) is 0.683. The van der Waals surface area contributed by atoms with Crippen molar-refractivity contribution in [3.8, 4) is 11.5 Å². The first kappa shape index (κ1) is 19.1. The van der Waals surface area contributed by atoms with Crippen molar-refractivity contribution in [3.05, 3.63) is 71.1 Å². The Morgan fingerprint density at radius 1 is 1.00 bits per heavy atom. The molecule has 1 heterocycles. The van der Waals surface area contributed by atoms with Gasteiger partial charge in [0.05, 0.1) is 5.56 Å². The van der Waals surface area contributed by atoms with Crippen LogP contribution in [0, 0.1) is 0 Å². The van der Waals surface area contributed by atoms with E-state index in [1.165, 1.54) is 12.1 Å². The molecular weight excluding hydrogens is 357 g/mol. The molecule has 7 heteroatoms. The molecule has 0 aliphatic heterocycles. The fourth-order valence-corrected chi connectivity index (χ4v) is 2.62. The van der Waals surface area contributed by atoms with E-state index in [1.54, 1.807) is 13.0 Å². The number of nitrogens with zero attached hydrogens (tertiary/aromatic N) is 2. The van der Waals surface area contributed by atoms with E-state index >= 15 is 0 Å². The van der Waals surface area contributed by atoms with Gasteiger partial charge in [0, 0.05) is 5.56 Å². The van der Waals surface area contributed by atoms with E-state index in [9.17, 15) is 18.3 Å². The normalized spacial score (nSPS) is 14.1. The lowest BCUT2D eigenvalue weighted by Crippen LogP contribution is -2.19. The molecule has 0 saturated heterocycles. The molecule has 0 aliphatic carbocycles. The molecule has 27 heavy (non-hydrogen) atoms. The number of benzene rings is 2. The molecule has 0 amide bonds. The van der Waals surface area contributed by atoms with Crippen LogP contribution in [0.4, 0.5) is 13.2 Å². The van der Waals surface area contributed by atoms with Crippen molar-refractivity contribution in [2.75, 3.05) is 0 Å². The zero-order chi connectivity index (χ0) is 19.7. The molecule has 2 aromatic carbocycles. The lowest BCUT2D eigenvalue weighted by molar-refractivity contribution is -0.137. The molecule has 1 unspecified atom stereocenters. The number of alkyl halides is 3. The number of aliphatic hydroxyl groups is 1. The predicted molar refractivity (Wildman–Crippen MR) is 93.8 cm³/mol. The van der Waals surface area contributed by atoms with Crippen molar-refractivity contribution < 1.29 is 22.7 Å². The predicted octanol–water partition coefficient (Wildman–Crippen LogP) is 4.96. The van der Waals surface area contributed by atoms with E-state index in [1.807, 2.05) is 25.1 Å². The first-order valence-corrected chi connectivity index (χ1v) is 8.51. The van der Waals surface area contributed by atoms with Crippen LogP contribution in [0.2, 0.25) is 0 Å². The van der Waals surface area contributed by atoms with Crippen LogP contribution in [0.3, 0.4) is 0 Å². The van der Waals surface area contributed by atoms with Crippen LogP contribution in [0.15, 0.2) is 52.9 Å². The monoisotopic (exact) mass is 376 g/mol. The summed E-state index contributed by atoms with van der Waals surface area (Å²) < 4.78 is 43.8. The second-order valence-corrected chi connectivity index (χ2v) is 6.57. The molecular formula is C20H19F3N2O2. The molecule has 0 saturated carbocycles. The van der Waals surface area contributed by atoms with Gasteiger partial charge < -0.3 is 9.52 Å². The zero-order valence-corrected chi connectivity index (χ0v) is 14.9. The lowest BCUT2D eigenvalue weighted by Gasteiger charge is -2.15. The van der Waals surface area contributed by atoms with Gasteiger partial charge in [-0.25, -0.2) is 0 Å². The highest BCUT2D eigenvalue weighted by molar-refractivity contribution is 5.59. The van der Waals surface area contributed by atoms with Gasteiger partial charge in [-0.3, -0.25) is 0 Å². The third kappa shape index (κ3) is 4.19. The number of rotatable bonds is 5. The number of halogens is 3. The van der Waals surface area contributed by atoms with Crippen LogP contribution < -0.4 is 0 Å². The van der Waals surface area contributed by atoms with Gasteiger partial charge in [-0.15, -0.1) is 10.2 Å². The fraction of sp³-hybridized carbons (Fsp3) is 0.300. The zero-order valence-electron chi connectivity index (χ0n) is 14.9. The summed E-state index contributed by atoms with van der Waals surface area (Å²) in [5.74, 6) is 0.394. The molecule has 0 bridgehead atoms. The minimum absolute atomic E-state index is 0.129. The number of hydrogen-bond donors (Lipinski definition) is 1. The highest BCUT2D eigenvalue weighted by Crippen LogP contribution is 2.31. The molecule has 4 nitrogen and oxygen atoms in total. The second kappa shape index (κ2) is 7.15. The van der Waals surface area contributed by atoms with Gasteiger partial charge in [-0.2, -0.15) is 13.2 Å². The highest BCUT2D eigenvalue weighted by atomic mass is 19.4. The number of aromatic nitrogens is 2. The minimum Gasteiger partial charge on any atom is -0.418 e. The van der Waals surface area contributed by atoms with Crippen LogP contribution in [0.1, 0.15) is 42.8 Å². The molecule has 0 spiro atoms. The Kier molecular flexibility index (Phi) is 5.06. The van der Waals surface area contributed by atoms with Gasteiger partial charge in [0.1, 0.15) is 5.60 Å². The van der Waals surface area contributed by atoms with Crippen molar-refractivity contribution in [2.45, 2.75) is 38.5 Å². The summed E-state index contributed by atoms with van der Waals surface area (Å²) >= 11 is 0. The fourth-order valence-electron chi connectivity index (χ4n) is 2.62. The Labute approximate surface area is 154 Å². The average Bonchev–Trinajstić information content (AvgIpc) is 3.13. The maximum atomic E-state index is 12.7. The SMILES string of the molecule is CCC(C)(O)c1nnc(-c2ccccc2Cc2ccc(C(F)(F)F)cc2)o1. The maximum absolute atomic E-state index is 12.7. The first-order chi connectivity index (χ1) is 12.7. The summed E-state index contributed by atoms with van der Waals surface area (Å²) in [7, 11) is 0. The summed E-state index contributed by atoms with van der Waals surface area (Å²) in [4.78, 5) is 0. The van der Waals surface area contributed by atoms with Crippen molar-refractivity contribution >= 4 is 0 Å². The Hall–Kier alpha value is -2.67. The van der Waals surface area contributed by atoms with Gasteiger partial charge in [0.25, 0.3) is 0 Å². The van der Waals surface area contributed by atoms with Gasteiger partial charge in [-0.05, 0) is 49.1 Å². The smallest absolute Gasteiger partial charge is 0.416 e. The molecule has 1 N–H and O–H groups in total. The van der Waals surface area contributed by atoms with E-state index < -0.39 is 17.3 Å². The van der Waals surface area contributed by atoms with E-state index in [2.05, 4.69) is 10.2 Å². The van der Waals surface area contributed by atoms with Crippen molar-refractivity contribution in [1.82, 2.24) is 10.2 Å². The molecule has 1 aromatic heterocycles. The summed E-state index contributed by atoms with van der Waals surface area (Å²) in [6.45, 7) is 3.40. The molecule has 3 aromatic rings. The Bertz CT molecular complexity index is 915. The van der Waals surface area contributed by atoms with E-state index in [0.717, 1.165) is 23.3 Å². The standard InChI is InChI=1S/C20H19F3N2O2/c1-3-19(2,26)18-25-24-17(27-18)16-7-5-4-6-14(16)12-13-8-10-15(11-9-13)20(21,22)23/h4-11,26H,3,12H2,1-2H3. The van der Waals surface area contributed by atoms with Crippen molar-refractivity contribution in [2.24, 2.45) is 0 Å². The van der Waals surface area contributed by atoms with E-state index in [0.29, 0.717) is 18.4 Å². The summed E-state index contributed by atoms with van der Waals surface area (Å²) in [6, 6.07) is 12.4. The first-order valence-electron chi connectivity index (χ1n) is 8.51. The third-order valence-electron chi connectivity index (χ3n) is 4.50. The molecule has 0 aliphatic rings. The Morgan fingerprint density at radius 3 is 2.30 bits per heavy atom. The summed E-state index contributed by atoms with van der Waals surface area (Å²) in [6.07, 6.45) is -3.52. The average molecular weight is 376 g/mol. The topological polar surface area (TPSA) is 59.2 Å².